The summed E-state index contributed by atoms with van der Waals surface area (Å²) in [7, 11) is 3.22. The summed E-state index contributed by atoms with van der Waals surface area (Å²) in [6.45, 7) is 2.12. The lowest BCUT2D eigenvalue weighted by Gasteiger charge is -2.14. The molecule has 18 heavy (non-hydrogen) atoms. The first-order valence-corrected chi connectivity index (χ1v) is 6.10. The van der Waals surface area contributed by atoms with Crippen molar-refractivity contribution >= 4 is 5.91 Å². The van der Waals surface area contributed by atoms with E-state index in [4.69, 9.17) is 0 Å². The van der Waals surface area contributed by atoms with E-state index in [1.165, 1.54) is 9.58 Å². The number of hydrogen-bond acceptors (Lipinski definition) is 2. The van der Waals surface area contributed by atoms with Gasteiger partial charge in [0.1, 0.15) is 5.69 Å². The Hall–Kier alpha value is -1.46. The second-order valence-corrected chi connectivity index (χ2v) is 5.20. The number of carbonyl (C=O) groups is 1. The standard InChI is InChI=1S/C12H15F2N3O/c1-4-17-10-8(6-5-7(6)12(10,13)14)9(15-17)11(18)16(2)3/h6-7H,4-5H2,1-3H3/t6-,7+/m0/s1. The van der Waals surface area contributed by atoms with Gasteiger partial charge in [-0.1, -0.05) is 0 Å². The SMILES string of the molecule is CCn1nc(C(=O)N(C)C)c2c1C(F)(F)[C@@H]1C[C@H]21. The molecular weight excluding hydrogens is 240 g/mol. The Morgan fingerprint density at radius 3 is 2.78 bits per heavy atom. The number of aromatic nitrogens is 2. The highest BCUT2D eigenvalue weighted by molar-refractivity contribution is 5.94. The van der Waals surface area contributed by atoms with Gasteiger partial charge in [-0.25, -0.2) is 0 Å². The summed E-state index contributed by atoms with van der Waals surface area (Å²) in [5.74, 6) is -3.90. The fourth-order valence-electron chi connectivity index (χ4n) is 2.87. The summed E-state index contributed by atoms with van der Waals surface area (Å²) < 4.78 is 29.5. The van der Waals surface area contributed by atoms with Crippen LogP contribution in [0.3, 0.4) is 0 Å². The van der Waals surface area contributed by atoms with Gasteiger partial charge in [0.2, 0.25) is 0 Å². The lowest BCUT2D eigenvalue weighted by Crippen LogP contribution is -2.23. The Morgan fingerprint density at radius 2 is 2.22 bits per heavy atom. The van der Waals surface area contributed by atoms with E-state index in [0.29, 0.717) is 18.5 Å². The maximum Gasteiger partial charge on any atom is 0.293 e. The van der Waals surface area contributed by atoms with Gasteiger partial charge in [0, 0.05) is 32.1 Å². The average molecular weight is 255 g/mol. The molecule has 0 saturated heterocycles. The van der Waals surface area contributed by atoms with E-state index in [-0.39, 0.29) is 23.2 Å². The molecule has 0 bridgehead atoms. The number of hydrogen-bond donors (Lipinski definition) is 0. The van der Waals surface area contributed by atoms with Crippen LogP contribution in [0.1, 0.15) is 41.0 Å². The Labute approximate surface area is 104 Å². The van der Waals surface area contributed by atoms with Crippen LogP contribution >= 0.6 is 0 Å². The lowest BCUT2D eigenvalue weighted by molar-refractivity contribution is -0.0308. The molecule has 4 nitrogen and oxygen atoms in total. The van der Waals surface area contributed by atoms with E-state index in [1.807, 2.05) is 0 Å². The van der Waals surface area contributed by atoms with Crippen LogP contribution in [0.2, 0.25) is 0 Å². The second-order valence-electron chi connectivity index (χ2n) is 5.20. The van der Waals surface area contributed by atoms with Crippen LogP contribution in [-0.2, 0) is 12.5 Å². The first kappa shape index (κ1) is 11.6. The van der Waals surface area contributed by atoms with Crippen molar-refractivity contribution in [2.45, 2.75) is 31.7 Å². The monoisotopic (exact) mass is 255 g/mol. The predicted octanol–water partition coefficient (Wildman–Crippen LogP) is 1.81. The summed E-state index contributed by atoms with van der Waals surface area (Å²) >= 11 is 0. The maximum atomic E-state index is 14.1. The highest BCUT2D eigenvalue weighted by atomic mass is 19.3. The van der Waals surface area contributed by atoms with Gasteiger partial charge >= 0.3 is 0 Å². The summed E-state index contributed by atoms with van der Waals surface area (Å²) in [5.41, 5.74) is 0.670. The summed E-state index contributed by atoms with van der Waals surface area (Å²) in [6, 6.07) is 0. The first-order valence-electron chi connectivity index (χ1n) is 6.10. The number of amides is 1. The van der Waals surface area contributed by atoms with Crippen LogP contribution in [-0.4, -0.2) is 34.7 Å². The Kier molecular flexibility index (Phi) is 2.13. The number of fused-ring (bicyclic) bond motifs is 3. The van der Waals surface area contributed by atoms with Crippen LogP contribution < -0.4 is 0 Å². The van der Waals surface area contributed by atoms with Crippen molar-refractivity contribution in [1.82, 2.24) is 14.7 Å². The molecule has 1 saturated carbocycles. The number of nitrogens with zero attached hydrogens (tertiary/aromatic N) is 3. The predicted molar refractivity (Wildman–Crippen MR) is 60.7 cm³/mol. The van der Waals surface area contributed by atoms with Crippen molar-refractivity contribution < 1.29 is 13.6 Å². The fourth-order valence-corrected chi connectivity index (χ4v) is 2.87. The van der Waals surface area contributed by atoms with E-state index in [1.54, 1.807) is 21.0 Å². The summed E-state index contributed by atoms with van der Waals surface area (Å²) in [5, 5.41) is 4.09. The number of alkyl halides is 2. The topological polar surface area (TPSA) is 38.1 Å². The van der Waals surface area contributed by atoms with E-state index in [0.717, 1.165) is 0 Å². The lowest BCUT2D eigenvalue weighted by atomic mass is 10.1. The molecule has 1 aromatic heterocycles. The molecule has 0 spiro atoms. The fraction of sp³-hybridized carbons (Fsp3) is 0.667. The average Bonchev–Trinajstić information content (AvgIpc) is 2.95. The molecule has 1 fully saturated rings. The van der Waals surface area contributed by atoms with E-state index < -0.39 is 11.8 Å². The summed E-state index contributed by atoms with van der Waals surface area (Å²) in [4.78, 5) is 13.4. The minimum absolute atomic E-state index is 0.0311. The molecule has 98 valence electrons. The van der Waals surface area contributed by atoms with Gasteiger partial charge in [-0.2, -0.15) is 13.9 Å². The smallest absolute Gasteiger partial charge is 0.293 e. The zero-order chi connectivity index (χ0) is 13.2. The molecule has 0 aromatic carbocycles. The molecule has 0 N–H and O–H groups in total. The molecule has 0 radical (unpaired) electrons. The number of aryl methyl sites for hydroxylation is 1. The molecular formula is C12H15F2N3O. The third-order valence-electron chi connectivity index (χ3n) is 3.84. The van der Waals surface area contributed by atoms with E-state index >= 15 is 0 Å². The van der Waals surface area contributed by atoms with Gasteiger partial charge in [-0.15, -0.1) is 0 Å². The van der Waals surface area contributed by atoms with Crippen LogP contribution in [0.25, 0.3) is 0 Å². The molecule has 2 aliphatic carbocycles. The van der Waals surface area contributed by atoms with Crippen molar-refractivity contribution in [3.63, 3.8) is 0 Å². The molecule has 0 unspecified atom stereocenters. The van der Waals surface area contributed by atoms with Crippen LogP contribution in [0.4, 0.5) is 8.78 Å². The van der Waals surface area contributed by atoms with Crippen molar-refractivity contribution in [1.29, 1.82) is 0 Å². The van der Waals surface area contributed by atoms with Crippen molar-refractivity contribution in [3.05, 3.63) is 17.0 Å². The number of rotatable bonds is 2. The van der Waals surface area contributed by atoms with Gasteiger partial charge in [0.05, 0.1) is 0 Å². The molecule has 1 heterocycles. The van der Waals surface area contributed by atoms with Crippen LogP contribution in [0.5, 0.6) is 0 Å². The van der Waals surface area contributed by atoms with Gasteiger partial charge < -0.3 is 4.90 Å². The van der Waals surface area contributed by atoms with Crippen LogP contribution in [0.15, 0.2) is 0 Å². The highest BCUT2D eigenvalue weighted by Crippen LogP contribution is 2.67. The Morgan fingerprint density at radius 1 is 1.56 bits per heavy atom. The third-order valence-corrected chi connectivity index (χ3v) is 3.84. The maximum absolute atomic E-state index is 14.1. The molecule has 6 heteroatoms. The van der Waals surface area contributed by atoms with Crippen molar-refractivity contribution in [2.24, 2.45) is 5.92 Å². The zero-order valence-electron chi connectivity index (χ0n) is 10.6. The zero-order valence-corrected chi connectivity index (χ0v) is 10.6. The van der Waals surface area contributed by atoms with E-state index in [9.17, 15) is 13.6 Å². The minimum Gasteiger partial charge on any atom is -0.343 e. The van der Waals surface area contributed by atoms with Gasteiger partial charge in [-0.3, -0.25) is 9.48 Å². The van der Waals surface area contributed by atoms with Crippen molar-refractivity contribution in [3.8, 4) is 0 Å². The van der Waals surface area contributed by atoms with Crippen molar-refractivity contribution in [2.75, 3.05) is 14.1 Å². The third kappa shape index (κ3) is 1.23. The van der Waals surface area contributed by atoms with Gasteiger partial charge in [0.15, 0.2) is 5.69 Å². The number of halogens is 2. The molecule has 3 rings (SSSR count). The molecule has 1 aromatic rings. The summed E-state index contributed by atoms with van der Waals surface area (Å²) in [6.07, 6.45) is 0.475. The van der Waals surface area contributed by atoms with Gasteiger partial charge in [0.25, 0.3) is 11.8 Å². The minimum atomic E-state index is -2.83. The van der Waals surface area contributed by atoms with E-state index in [2.05, 4.69) is 5.10 Å². The number of carbonyl (C=O) groups excluding carboxylic acids is 1. The quantitative estimate of drug-likeness (QED) is 0.808. The Bertz CT molecular complexity index is 536. The molecule has 2 atom stereocenters. The first-order chi connectivity index (χ1) is 8.39. The highest BCUT2D eigenvalue weighted by Gasteiger charge is 2.67. The largest absolute Gasteiger partial charge is 0.343 e. The molecule has 0 aliphatic heterocycles. The normalized spacial score (nSPS) is 26.7. The van der Waals surface area contributed by atoms with Crippen LogP contribution in [0, 0.1) is 5.92 Å². The Balaban J connectivity index is 2.18. The molecule has 1 amide bonds. The van der Waals surface area contributed by atoms with Gasteiger partial charge in [-0.05, 0) is 19.3 Å². The molecule has 2 aliphatic rings. The second kappa shape index (κ2) is 3.30.